The first-order valence-electron chi connectivity index (χ1n) is 9.60. The molecule has 0 saturated heterocycles. The molecule has 0 aliphatic heterocycles. The van der Waals surface area contributed by atoms with Crippen molar-refractivity contribution in [2.24, 2.45) is 0 Å². The molecule has 1 aliphatic rings. The van der Waals surface area contributed by atoms with E-state index in [4.69, 9.17) is 0 Å². The number of carbonyl (C=O) groups is 1. The smallest absolute Gasteiger partial charge is 0.276 e. The topological polar surface area (TPSA) is 71.0 Å². The van der Waals surface area contributed by atoms with Crippen LogP contribution in [0.5, 0.6) is 0 Å². The van der Waals surface area contributed by atoms with Crippen LogP contribution in [0.25, 0.3) is 0 Å². The highest BCUT2D eigenvalue weighted by molar-refractivity contribution is 6.04. The van der Waals surface area contributed by atoms with Crippen molar-refractivity contribution in [1.82, 2.24) is 15.0 Å². The van der Waals surface area contributed by atoms with Gasteiger partial charge in [-0.05, 0) is 43.2 Å². The Kier molecular flexibility index (Phi) is 5.20. The van der Waals surface area contributed by atoms with Crippen molar-refractivity contribution in [3.05, 3.63) is 78.1 Å². The van der Waals surface area contributed by atoms with Gasteiger partial charge in [-0.2, -0.15) is 0 Å². The van der Waals surface area contributed by atoms with Gasteiger partial charge in [0, 0.05) is 37.1 Å². The van der Waals surface area contributed by atoms with Crippen molar-refractivity contribution in [2.75, 3.05) is 23.8 Å². The lowest BCUT2D eigenvalue weighted by atomic mass is 9.66. The van der Waals surface area contributed by atoms with Crippen LogP contribution in [-0.4, -0.2) is 34.5 Å². The monoisotopic (exact) mass is 391 g/mol. The number of amides is 1. The van der Waals surface area contributed by atoms with Crippen molar-refractivity contribution in [1.29, 1.82) is 0 Å². The molecule has 0 radical (unpaired) electrons. The van der Waals surface area contributed by atoms with Gasteiger partial charge in [0.05, 0.1) is 5.69 Å². The van der Waals surface area contributed by atoms with Gasteiger partial charge in [-0.15, -0.1) is 0 Å². The Morgan fingerprint density at radius 2 is 1.90 bits per heavy atom. The van der Waals surface area contributed by atoms with Crippen LogP contribution in [0.2, 0.25) is 0 Å². The summed E-state index contributed by atoms with van der Waals surface area (Å²) in [5.74, 6) is -0.168. The summed E-state index contributed by atoms with van der Waals surface area (Å²) >= 11 is 0. The molecule has 1 aromatic carbocycles. The number of hydrogen-bond donors (Lipinski definition) is 1. The Hall–Kier alpha value is -3.35. The summed E-state index contributed by atoms with van der Waals surface area (Å²) in [6.07, 6.45) is 5.90. The van der Waals surface area contributed by atoms with Crippen LogP contribution >= 0.6 is 0 Å². The molecule has 1 N–H and O–H groups in total. The maximum absolute atomic E-state index is 14.3. The lowest BCUT2D eigenvalue weighted by Gasteiger charge is -2.41. The predicted molar refractivity (Wildman–Crippen MR) is 109 cm³/mol. The van der Waals surface area contributed by atoms with Crippen molar-refractivity contribution < 1.29 is 9.18 Å². The van der Waals surface area contributed by atoms with E-state index in [2.05, 4.69) is 20.3 Å². The summed E-state index contributed by atoms with van der Waals surface area (Å²) in [4.78, 5) is 27.2. The molecule has 2 heterocycles. The van der Waals surface area contributed by atoms with Crippen molar-refractivity contribution in [3.8, 4) is 0 Å². The van der Waals surface area contributed by atoms with Crippen LogP contribution in [0, 0.1) is 5.82 Å². The normalized spacial score (nSPS) is 14.7. The zero-order chi connectivity index (χ0) is 20.3. The van der Waals surface area contributed by atoms with Crippen LogP contribution < -0.4 is 10.2 Å². The Morgan fingerprint density at radius 3 is 2.59 bits per heavy atom. The van der Waals surface area contributed by atoms with E-state index < -0.39 is 0 Å². The number of para-hydroxylation sites is 1. The maximum atomic E-state index is 14.3. The molecule has 0 atom stereocenters. The second-order valence-corrected chi connectivity index (χ2v) is 7.29. The third-order valence-corrected chi connectivity index (χ3v) is 5.48. The number of rotatable bonds is 6. The third kappa shape index (κ3) is 3.81. The van der Waals surface area contributed by atoms with E-state index in [0.717, 1.165) is 24.9 Å². The number of benzene rings is 1. The fourth-order valence-corrected chi connectivity index (χ4v) is 3.63. The minimum absolute atomic E-state index is 0.226. The number of carbonyl (C=O) groups excluding carboxylic acids is 1. The maximum Gasteiger partial charge on any atom is 0.276 e. The number of aromatic nitrogens is 3. The van der Waals surface area contributed by atoms with Gasteiger partial charge in [0.1, 0.15) is 11.5 Å². The van der Waals surface area contributed by atoms with E-state index in [1.54, 1.807) is 36.5 Å². The number of halogens is 1. The number of nitrogens with one attached hydrogen (secondary N) is 1. The van der Waals surface area contributed by atoms with E-state index >= 15 is 0 Å². The Bertz CT molecular complexity index is 1010. The average molecular weight is 391 g/mol. The minimum Gasteiger partial charge on any atom is -0.353 e. The number of pyridine rings is 1. The van der Waals surface area contributed by atoms with Crippen molar-refractivity contribution >= 4 is 17.5 Å². The largest absolute Gasteiger partial charge is 0.353 e. The summed E-state index contributed by atoms with van der Waals surface area (Å²) in [6.45, 7) is 0.465. The Morgan fingerprint density at radius 1 is 1.10 bits per heavy atom. The molecule has 0 bridgehead atoms. The summed E-state index contributed by atoms with van der Waals surface area (Å²) in [6, 6.07) is 14.0. The standard InChI is InChI=1S/C22H22FN5O/c1-28(16-7-3-2-4-8-16)20(29)18-10-14-25-21(27-18)26-15-22(11-6-12-22)19-17(23)9-5-13-24-19/h2-5,7-10,13-14H,6,11-12,15H2,1H3,(H,25,26,27). The SMILES string of the molecule is CN(C(=O)c1ccnc(NCC2(c3ncccc3F)CCC2)n1)c1ccccc1. The van der Waals surface area contributed by atoms with Crippen LogP contribution in [0.1, 0.15) is 35.4 Å². The Balaban J connectivity index is 1.49. The highest BCUT2D eigenvalue weighted by Crippen LogP contribution is 2.43. The molecule has 3 aromatic rings. The third-order valence-electron chi connectivity index (χ3n) is 5.48. The summed E-state index contributed by atoms with van der Waals surface area (Å²) < 4.78 is 14.3. The Labute approximate surface area is 168 Å². The van der Waals surface area contributed by atoms with Crippen molar-refractivity contribution in [3.63, 3.8) is 0 Å². The molecule has 7 heteroatoms. The first-order chi connectivity index (χ1) is 14.1. The molecular formula is C22H22FN5O. The zero-order valence-electron chi connectivity index (χ0n) is 16.2. The molecule has 1 aliphatic carbocycles. The van der Waals surface area contributed by atoms with Gasteiger partial charge in [0.25, 0.3) is 5.91 Å². The molecule has 1 fully saturated rings. The minimum atomic E-state index is -0.366. The molecule has 1 saturated carbocycles. The average Bonchev–Trinajstić information content (AvgIpc) is 2.74. The fraction of sp³-hybridized carbons (Fsp3) is 0.273. The second-order valence-electron chi connectivity index (χ2n) is 7.29. The summed E-state index contributed by atoms with van der Waals surface area (Å²) in [7, 11) is 1.71. The van der Waals surface area contributed by atoms with E-state index in [0.29, 0.717) is 23.9 Å². The van der Waals surface area contributed by atoms with E-state index in [9.17, 15) is 9.18 Å². The second kappa shape index (κ2) is 7.95. The summed E-state index contributed by atoms with van der Waals surface area (Å²) in [5, 5.41) is 3.19. The van der Waals surface area contributed by atoms with Crippen LogP contribution in [0.15, 0.2) is 60.9 Å². The molecule has 148 valence electrons. The zero-order valence-corrected chi connectivity index (χ0v) is 16.2. The predicted octanol–water partition coefficient (Wildman–Crippen LogP) is 3.82. The quantitative estimate of drug-likeness (QED) is 0.692. The van der Waals surface area contributed by atoms with Gasteiger partial charge in [-0.3, -0.25) is 9.78 Å². The first kappa shape index (κ1) is 19.0. The summed E-state index contributed by atoms with van der Waals surface area (Å²) in [5.41, 5.74) is 1.19. The van der Waals surface area contributed by atoms with Crippen LogP contribution in [0.3, 0.4) is 0 Å². The van der Waals surface area contributed by atoms with Gasteiger partial charge in [-0.25, -0.2) is 14.4 Å². The van der Waals surface area contributed by atoms with Gasteiger partial charge < -0.3 is 10.2 Å². The van der Waals surface area contributed by atoms with E-state index in [1.807, 2.05) is 30.3 Å². The fourth-order valence-electron chi connectivity index (χ4n) is 3.63. The molecule has 6 nitrogen and oxygen atoms in total. The first-order valence-corrected chi connectivity index (χ1v) is 9.60. The molecule has 0 unspecified atom stereocenters. The van der Waals surface area contributed by atoms with Crippen LogP contribution in [0.4, 0.5) is 16.0 Å². The van der Waals surface area contributed by atoms with Crippen molar-refractivity contribution in [2.45, 2.75) is 24.7 Å². The van der Waals surface area contributed by atoms with Gasteiger partial charge in [-0.1, -0.05) is 24.6 Å². The molecule has 29 heavy (non-hydrogen) atoms. The van der Waals surface area contributed by atoms with Gasteiger partial charge in [0.15, 0.2) is 0 Å². The highest BCUT2D eigenvalue weighted by Gasteiger charge is 2.41. The molecular weight excluding hydrogens is 369 g/mol. The number of hydrogen-bond acceptors (Lipinski definition) is 5. The van der Waals surface area contributed by atoms with Crippen LogP contribution in [-0.2, 0) is 5.41 Å². The molecule has 2 aromatic heterocycles. The lowest BCUT2D eigenvalue weighted by Crippen LogP contribution is -2.42. The molecule has 1 amide bonds. The lowest BCUT2D eigenvalue weighted by molar-refractivity contribution is 0.0988. The van der Waals surface area contributed by atoms with Gasteiger partial charge in [0.2, 0.25) is 5.95 Å². The van der Waals surface area contributed by atoms with E-state index in [1.165, 1.54) is 6.07 Å². The highest BCUT2D eigenvalue weighted by atomic mass is 19.1. The molecule has 4 rings (SSSR count). The molecule has 0 spiro atoms. The number of nitrogens with zero attached hydrogens (tertiary/aromatic N) is 4. The van der Waals surface area contributed by atoms with Gasteiger partial charge >= 0.3 is 0 Å². The van der Waals surface area contributed by atoms with E-state index in [-0.39, 0.29) is 17.1 Å². The number of anilines is 2.